The Kier molecular flexibility index (Phi) is 4.15. The second kappa shape index (κ2) is 4.62. The number of rotatable bonds is 3. The van der Waals surface area contributed by atoms with Crippen molar-refractivity contribution in [3.05, 3.63) is 10.4 Å². The maximum absolute atomic E-state index is 10.9. The van der Waals surface area contributed by atoms with Gasteiger partial charge >= 0.3 is 5.97 Å². The number of hydrogen-bond acceptors (Lipinski definition) is 3. The van der Waals surface area contributed by atoms with E-state index >= 15 is 0 Å². The van der Waals surface area contributed by atoms with Crippen molar-refractivity contribution in [2.24, 2.45) is 5.11 Å². The normalized spacial score (nSPS) is 10.2. The standard InChI is InChI=1S/C7H13N3O2/c1-7(2,3)12-6(11)4-5-9-10-8/h4-5H2,1-3H3. The molecule has 0 aromatic rings. The van der Waals surface area contributed by atoms with Gasteiger partial charge in [-0.25, -0.2) is 0 Å². The Balaban J connectivity index is 3.68. The van der Waals surface area contributed by atoms with Gasteiger partial charge in [-0.1, -0.05) is 5.11 Å². The first-order chi connectivity index (χ1) is 5.45. The molecule has 5 nitrogen and oxygen atoms in total. The van der Waals surface area contributed by atoms with Crippen LogP contribution < -0.4 is 0 Å². The fourth-order valence-corrected chi connectivity index (χ4v) is 0.579. The predicted octanol–water partition coefficient (Wildman–Crippen LogP) is 2.03. The van der Waals surface area contributed by atoms with Gasteiger partial charge in [-0.15, -0.1) is 0 Å². The van der Waals surface area contributed by atoms with Crippen molar-refractivity contribution in [3.8, 4) is 0 Å². The number of hydrogen-bond donors (Lipinski definition) is 0. The Morgan fingerprint density at radius 1 is 1.58 bits per heavy atom. The van der Waals surface area contributed by atoms with Gasteiger partial charge in [0.15, 0.2) is 0 Å². The second-order valence-electron chi connectivity index (χ2n) is 3.29. The van der Waals surface area contributed by atoms with Crippen LogP contribution in [0.5, 0.6) is 0 Å². The highest BCUT2D eigenvalue weighted by Crippen LogP contribution is 2.07. The van der Waals surface area contributed by atoms with Crippen LogP contribution in [0.1, 0.15) is 27.2 Å². The monoisotopic (exact) mass is 171 g/mol. The van der Waals surface area contributed by atoms with E-state index in [4.69, 9.17) is 10.3 Å². The largest absolute Gasteiger partial charge is 0.460 e. The van der Waals surface area contributed by atoms with Gasteiger partial charge in [-0.3, -0.25) is 4.79 Å². The van der Waals surface area contributed by atoms with Crippen LogP contribution >= 0.6 is 0 Å². The van der Waals surface area contributed by atoms with E-state index in [1.807, 2.05) is 0 Å². The van der Waals surface area contributed by atoms with Gasteiger partial charge < -0.3 is 4.74 Å². The summed E-state index contributed by atoms with van der Waals surface area (Å²) in [5, 5.41) is 3.22. The van der Waals surface area contributed by atoms with E-state index in [2.05, 4.69) is 10.0 Å². The summed E-state index contributed by atoms with van der Waals surface area (Å²) in [6, 6.07) is 0. The number of esters is 1. The molecule has 0 radical (unpaired) electrons. The van der Waals surface area contributed by atoms with Crippen molar-refractivity contribution < 1.29 is 9.53 Å². The van der Waals surface area contributed by atoms with Crippen molar-refractivity contribution in [2.75, 3.05) is 6.54 Å². The fourth-order valence-electron chi connectivity index (χ4n) is 0.579. The van der Waals surface area contributed by atoms with E-state index in [0.717, 1.165) is 0 Å². The quantitative estimate of drug-likeness (QED) is 0.282. The maximum atomic E-state index is 10.9. The van der Waals surface area contributed by atoms with Crippen LogP contribution in [0.25, 0.3) is 10.4 Å². The third-order valence-corrected chi connectivity index (χ3v) is 0.899. The molecule has 0 aliphatic heterocycles. The van der Waals surface area contributed by atoms with Crippen LogP contribution in [0, 0.1) is 0 Å². The lowest BCUT2D eigenvalue weighted by Crippen LogP contribution is -2.24. The van der Waals surface area contributed by atoms with Crippen molar-refractivity contribution >= 4 is 5.97 Å². The van der Waals surface area contributed by atoms with E-state index in [1.54, 1.807) is 20.8 Å². The summed E-state index contributed by atoms with van der Waals surface area (Å²) < 4.78 is 4.96. The molecule has 0 rings (SSSR count). The number of carbonyl (C=O) groups is 1. The molecule has 0 saturated carbocycles. The summed E-state index contributed by atoms with van der Waals surface area (Å²) in [7, 11) is 0. The molecule has 0 bridgehead atoms. The van der Waals surface area contributed by atoms with Gasteiger partial charge in [0, 0.05) is 11.5 Å². The van der Waals surface area contributed by atoms with E-state index < -0.39 is 5.60 Å². The van der Waals surface area contributed by atoms with E-state index in [-0.39, 0.29) is 18.9 Å². The lowest BCUT2D eigenvalue weighted by Gasteiger charge is -2.18. The molecule has 0 amide bonds. The minimum atomic E-state index is -0.465. The van der Waals surface area contributed by atoms with Crippen molar-refractivity contribution in [1.29, 1.82) is 0 Å². The lowest BCUT2D eigenvalue weighted by atomic mass is 10.2. The molecule has 0 fully saturated rings. The average Bonchev–Trinajstić information content (AvgIpc) is 1.84. The minimum Gasteiger partial charge on any atom is -0.460 e. The summed E-state index contributed by atoms with van der Waals surface area (Å²) in [4.78, 5) is 13.4. The third kappa shape index (κ3) is 6.89. The van der Waals surface area contributed by atoms with Gasteiger partial charge in [-0.2, -0.15) is 0 Å². The number of azide groups is 1. The number of ether oxygens (including phenoxy) is 1. The highest BCUT2D eigenvalue weighted by atomic mass is 16.6. The maximum Gasteiger partial charge on any atom is 0.306 e. The first-order valence-electron chi connectivity index (χ1n) is 3.68. The molecule has 0 heterocycles. The Morgan fingerprint density at radius 2 is 2.17 bits per heavy atom. The molecular weight excluding hydrogens is 158 g/mol. The Labute approximate surface area is 71.3 Å². The van der Waals surface area contributed by atoms with Gasteiger partial charge in [0.2, 0.25) is 0 Å². The molecule has 0 spiro atoms. The molecule has 5 heteroatoms. The predicted molar refractivity (Wildman–Crippen MR) is 44.5 cm³/mol. The molecule has 0 aliphatic rings. The molecule has 0 atom stereocenters. The highest BCUT2D eigenvalue weighted by molar-refractivity contribution is 5.70. The summed E-state index contributed by atoms with van der Waals surface area (Å²) in [5.74, 6) is -0.338. The van der Waals surface area contributed by atoms with Crippen molar-refractivity contribution in [1.82, 2.24) is 0 Å². The first-order valence-corrected chi connectivity index (χ1v) is 3.68. The SMILES string of the molecule is CC(C)(C)OC(=O)CCN=[N+]=[N-]. The van der Waals surface area contributed by atoms with E-state index in [1.165, 1.54) is 0 Å². The van der Waals surface area contributed by atoms with Crippen LogP contribution in [0.15, 0.2) is 5.11 Å². The average molecular weight is 171 g/mol. The first kappa shape index (κ1) is 10.8. The van der Waals surface area contributed by atoms with Gasteiger partial charge in [0.05, 0.1) is 6.42 Å². The second-order valence-corrected chi connectivity index (χ2v) is 3.29. The van der Waals surface area contributed by atoms with E-state index in [0.29, 0.717) is 0 Å². The van der Waals surface area contributed by atoms with Gasteiger partial charge in [0.25, 0.3) is 0 Å². The Hall–Kier alpha value is -1.22. The van der Waals surface area contributed by atoms with Gasteiger partial charge in [-0.05, 0) is 26.3 Å². The number of nitrogens with zero attached hydrogens (tertiary/aromatic N) is 3. The van der Waals surface area contributed by atoms with Crippen molar-refractivity contribution in [3.63, 3.8) is 0 Å². The topological polar surface area (TPSA) is 75.1 Å². The zero-order valence-corrected chi connectivity index (χ0v) is 7.57. The van der Waals surface area contributed by atoms with Crippen LogP contribution in [-0.4, -0.2) is 18.1 Å². The summed E-state index contributed by atoms with van der Waals surface area (Å²) in [6.45, 7) is 5.53. The molecule has 68 valence electrons. The molecule has 0 aliphatic carbocycles. The fraction of sp³-hybridized carbons (Fsp3) is 0.857. The molecule has 0 saturated heterocycles. The van der Waals surface area contributed by atoms with Gasteiger partial charge in [0.1, 0.15) is 5.60 Å². The van der Waals surface area contributed by atoms with Crippen LogP contribution in [0.2, 0.25) is 0 Å². The molecular formula is C7H13N3O2. The smallest absolute Gasteiger partial charge is 0.306 e. The van der Waals surface area contributed by atoms with Crippen LogP contribution in [-0.2, 0) is 9.53 Å². The summed E-state index contributed by atoms with van der Waals surface area (Å²) in [5.41, 5.74) is 7.45. The molecule has 0 unspecified atom stereocenters. The minimum absolute atomic E-state index is 0.140. The Morgan fingerprint density at radius 3 is 2.58 bits per heavy atom. The van der Waals surface area contributed by atoms with E-state index in [9.17, 15) is 4.79 Å². The molecule has 0 N–H and O–H groups in total. The molecule has 0 aromatic carbocycles. The Bertz CT molecular complexity index is 201. The zero-order chi connectivity index (χ0) is 9.61. The third-order valence-electron chi connectivity index (χ3n) is 0.899. The molecule has 12 heavy (non-hydrogen) atoms. The zero-order valence-electron chi connectivity index (χ0n) is 7.57. The van der Waals surface area contributed by atoms with Crippen molar-refractivity contribution in [2.45, 2.75) is 32.8 Å². The molecule has 0 aromatic heterocycles. The summed E-state index contributed by atoms with van der Waals surface area (Å²) in [6.07, 6.45) is 0.140. The highest BCUT2D eigenvalue weighted by Gasteiger charge is 2.15. The summed E-state index contributed by atoms with van der Waals surface area (Å²) >= 11 is 0. The van der Waals surface area contributed by atoms with Crippen LogP contribution in [0.4, 0.5) is 0 Å². The number of carbonyl (C=O) groups excluding carboxylic acids is 1. The lowest BCUT2D eigenvalue weighted by molar-refractivity contribution is -0.154. The van der Waals surface area contributed by atoms with Crippen LogP contribution in [0.3, 0.4) is 0 Å².